The summed E-state index contributed by atoms with van der Waals surface area (Å²) in [6, 6.07) is 10.3. The molecule has 0 spiro atoms. The van der Waals surface area contributed by atoms with Gasteiger partial charge in [0.05, 0.1) is 11.9 Å². The lowest BCUT2D eigenvalue weighted by molar-refractivity contribution is 0.284. The van der Waals surface area contributed by atoms with Crippen LogP contribution in [0.25, 0.3) is 6.08 Å². The number of nitrogens with zero attached hydrogens (tertiary/aromatic N) is 3. The molecule has 0 radical (unpaired) electrons. The van der Waals surface area contributed by atoms with Crippen molar-refractivity contribution in [2.24, 2.45) is 0 Å². The van der Waals surface area contributed by atoms with Gasteiger partial charge in [-0.1, -0.05) is 54.1 Å². The zero-order valence-corrected chi connectivity index (χ0v) is 13.5. The summed E-state index contributed by atoms with van der Waals surface area (Å²) in [5.74, 6) is 0. The number of halogens is 1. The predicted molar refractivity (Wildman–Crippen MR) is 94.0 cm³/mol. The highest BCUT2D eigenvalue weighted by atomic mass is 35.5. The number of piperazine rings is 1. The van der Waals surface area contributed by atoms with Crippen LogP contribution in [0.4, 0.5) is 5.69 Å². The minimum Gasteiger partial charge on any atom is -0.366 e. The van der Waals surface area contributed by atoms with Crippen molar-refractivity contribution in [1.29, 1.82) is 0 Å². The average molecular weight is 331 g/mol. The average Bonchev–Trinajstić information content (AvgIpc) is 2.59. The number of rotatable bonds is 4. The van der Waals surface area contributed by atoms with Crippen molar-refractivity contribution < 1.29 is 0 Å². The Kier molecular flexibility index (Phi) is 5.10. The van der Waals surface area contributed by atoms with Gasteiger partial charge >= 0.3 is 0 Å². The van der Waals surface area contributed by atoms with Crippen LogP contribution in [0.15, 0.2) is 47.4 Å². The molecule has 23 heavy (non-hydrogen) atoms. The van der Waals surface area contributed by atoms with E-state index in [1.165, 1.54) is 5.56 Å². The summed E-state index contributed by atoms with van der Waals surface area (Å²) in [4.78, 5) is 16.0. The number of anilines is 1. The topological polar surface area (TPSA) is 52.2 Å². The van der Waals surface area contributed by atoms with Gasteiger partial charge in [0, 0.05) is 32.7 Å². The molecule has 2 heterocycles. The van der Waals surface area contributed by atoms with Gasteiger partial charge in [0.2, 0.25) is 0 Å². The van der Waals surface area contributed by atoms with Gasteiger partial charge in [-0.05, 0) is 5.56 Å². The lowest BCUT2D eigenvalue weighted by atomic mass is 10.2. The molecule has 0 saturated carbocycles. The molecule has 2 aromatic rings. The molecular formula is C17H19ClN4O. The summed E-state index contributed by atoms with van der Waals surface area (Å²) in [5.41, 5.74) is 1.60. The quantitative estimate of drug-likeness (QED) is 0.934. The number of benzene rings is 1. The van der Waals surface area contributed by atoms with Gasteiger partial charge in [0.15, 0.2) is 0 Å². The molecule has 0 aliphatic carbocycles. The van der Waals surface area contributed by atoms with E-state index >= 15 is 0 Å². The van der Waals surface area contributed by atoms with E-state index in [1.807, 2.05) is 18.2 Å². The maximum Gasteiger partial charge on any atom is 0.285 e. The van der Waals surface area contributed by atoms with E-state index in [0.717, 1.165) is 38.4 Å². The van der Waals surface area contributed by atoms with Crippen LogP contribution in [0.2, 0.25) is 5.02 Å². The molecule has 1 aromatic carbocycles. The molecule has 6 heteroatoms. The largest absolute Gasteiger partial charge is 0.366 e. The van der Waals surface area contributed by atoms with Crippen LogP contribution in [0.1, 0.15) is 5.56 Å². The minimum absolute atomic E-state index is 0.220. The van der Waals surface area contributed by atoms with Crippen molar-refractivity contribution >= 4 is 23.4 Å². The fraction of sp³-hybridized carbons (Fsp3) is 0.294. The van der Waals surface area contributed by atoms with E-state index in [2.05, 4.69) is 44.3 Å². The van der Waals surface area contributed by atoms with Crippen LogP contribution < -0.4 is 10.5 Å². The van der Waals surface area contributed by atoms with Gasteiger partial charge in [0.25, 0.3) is 5.56 Å². The Labute approximate surface area is 140 Å². The van der Waals surface area contributed by atoms with E-state index in [0.29, 0.717) is 0 Å². The Morgan fingerprint density at radius 2 is 1.91 bits per heavy atom. The molecule has 3 rings (SSSR count). The van der Waals surface area contributed by atoms with Crippen LogP contribution in [0, 0.1) is 0 Å². The molecule has 0 atom stereocenters. The number of aromatic amines is 1. The Bertz CT molecular complexity index is 721. The monoisotopic (exact) mass is 330 g/mol. The second-order valence-electron chi connectivity index (χ2n) is 5.50. The number of nitrogens with one attached hydrogen (secondary N) is 1. The fourth-order valence-corrected chi connectivity index (χ4v) is 2.88. The molecule has 1 aromatic heterocycles. The number of hydrogen-bond donors (Lipinski definition) is 1. The molecule has 0 amide bonds. The third-order valence-corrected chi connectivity index (χ3v) is 4.33. The summed E-state index contributed by atoms with van der Waals surface area (Å²) in [6.07, 6.45) is 5.95. The van der Waals surface area contributed by atoms with Crippen molar-refractivity contribution in [2.75, 3.05) is 37.6 Å². The molecule has 1 aliphatic heterocycles. The Morgan fingerprint density at radius 1 is 1.17 bits per heavy atom. The van der Waals surface area contributed by atoms with Gasteiger partial charge in [-0.15, -0.1) is 0 Å². The molecule has 1 fully saturated rings. The molecule has 5 nitrogen and oxygen atoms in total. The molecule has 0 bridgehead atoms. The zero-order chi connectivity index (χ0) is 16.1. The summed E-state index contributed by atoms with van der Waals surface area (Å²) in [6.45, 7) is 4.46. The standard InChI is InChI=1S/C17H19ClN4O/c18-16-15(13-19-20-17(16)23)22-11-9-21(10-12-22)8-4-7-14-5-2-1-3-6-14/h1-7,13H,8-12H2,(H,20,23)/b7-4+. The Balaban J connectivity index is 1.53. The lowest BCUT2D eigenvalue weighted by Gasteiger charge is -2.35. The fourth-order valence-electron chi connectivity index (χ4n) is 2.67. The first kappa shape index (κ1) is 15.8. The maximum atomic E-state index is 11.5. The van der Waals surface area contributed by atoms with Crippen molar-refractivity contribution in [3.8, 4) is 0 Å². The summed E-state index contributed by atoms with van der Waals surface area (Å²) in [7, 11) is 0. The lowest BCUT2D eigenvalue weighted by Crippen LogP contribution is -2.46. The van der Waals surface area contributed by atoms with Gasteiger partial charge < -0.3 is 4.90 Å². The van der Waals surface area contributed by atoms with Crippen molar-refractivity contribution in [3.05, 3.63) is 63.5 Å². The van der Waals surface area contributed by atoms with Gasteiger partial charge in [-0.2, -0.15) is 5.10 Å². The predicted octanol–water partition coefficient (Wildman–Crippen LogP) is 2.26. The molecule has 120 valence electrons. The molecule has 1 N–H and O–H groups in total. The Hall–Kier alpha value is -2.11. The Morgan fingerprint density at radius 3 is 2.65 bits per heavy atom. The van der Waals surface area contributed by atoms with Crippen LogP contribution >= 0.6 is 11.6 Å². The van der Waals surface area contributed by atoms with Gasteiger partial charge in [-0.25, -0.2) is 5.10 Å². The van der Waals surface area contributed by atoms with E-state index in [4.69, 9.17) is 11.6 Å². The van der Waals surface area contributed by atoms with E-state index in [1.54, 1.807) is 6.20 Å². The molecule has 0 unspecified atom stereocenters. The first-order valence-corrected chi connectivity index (χ1v) is 8.04. The van der Waals surface area contributed by atoms with E-state index in [9.17, 15) is 4.79 Å². The first-order valence-electron chi connectivity index (χ1n) is 7.66. The number of H-pyrrole nitrogens is 1. The van der Waals surface area contributed by atoms with Crippen LogP contribution in [-0.2, 0) is 0 Å². The number of hydrogen-bond acceptors (Lipinski definition) is 4. The summed E-state index contributed by atoms with van der Waals surface area (Å²) >= 11 is 6.06. The second kappa shape index (κ2) is 7.44. The van der Waals surface area contributed by atoms with Crippen molar-refractivity contribution in [3.63, 3.8) is 0 Å². The maximum absolute atomic E-state index is 11.5. The van der Waals surface area contributed by atoms with Crippen LogP contribution in [-0.4, -0.2) is 47.8 Å². The third kappa shape index (κ3) is 4.00. The van der Waals surface area contributed by atoms with E-state index in [-0.39, 0.29) is 10.6 Å². The number of aromatic nitrogens is 2. The van der Waals surface area contributed by atoms with Crippen LogP contribution in [0.5, 0.6) is 0 Å². The van der Waals surface area contributed by atoms with Crippen molar-refractivity contribution in [2.45, 2.75) is 0 Å². The van der Waals surface area contributed by atoms with Gasteiger partial charge in [-0.3, -0.25) is 9.69 Å². The highest BCUT2D eigenvalue weighted by Gasteiger charge is 2.19. The minimum atomic E-state index is -0.336. The SMILES string of the molecule is O=c1[nH]ncc(N2CCN(C/C=C/c3ccccc3)CC2)c1Cl. The third-order valence-electron chi connectivity index (χ3n) is 3.96. The normalized spacial score (nSPS) is 16.1. The first-order chi connectivity index (χ1) is 11.2. The molecule has 1 saturated heterocycles. The molecular weight excluding hydrogens is 312 g/mol. The highest BCUT2D eigenvalue weighted by Crippen LogP contribution is 2.21. The summed E-state index contributed by atoms with van der Waals surface area (Å²) in [5, 5.41) is 6.40. The molecule has 1 aliphatic rings. The summed E-state index contributed by atoms with van der Waals surface area (Å²) < 4.78 is 0. The zero-order valence-electron chi connectivity index (χ0n) is 12.8. The second-order valence-corrected chi connectivity index (χ2v) is 5.88. The van der Waals surface area contributed by atoms with Crippen molar-refractivity contribution in [1.82, 2.24) is 15.1 Å². The van der Waals surface area contributed by atoms with E-state index < -0.39 is 0 Å². The smallest absolute Gasteiger partial charge is 0.285 e. The van der Waals surface area contributed by atoms with Gasteiger partial charge in [0.1, 0.15) is 5.02 Å². The van der Waals surface area contributed by atoms with Crippen LogP contribution in [0.3, 0.4) is 0 Å². The highest BCUT2D eigenvalue weighted by molar-refractivity contribution is 6.32.